The summed E-state index contributed by atoms with van der Waals surface area (Å²) in [6.07, 6.45) is -0.981. The number of carbonyl (C=O) groups excluding carboxylic acids is 1. The molecule has 2 rings (SSSR count). The minimum atomic E-state index is -0.698. The van der Waals surface area contributed by atoms with Gasteiger partial charge in [-0.1, -0.05) is 6.58 Å². The van der Waals surface area contributed by atoms with Crippen LogP contribution >= 0.6 is 0 Å². The molecular formula is C18H22O5. The number of hydrogen-bond donors (Lipinski definition) is 0. The van der Waals surface area contributed by atoms with E-state index in [9.17, 15) is 4.79 Å². The molecule has 1 fully saturated rings. The van der Waals surface area contributed by atoms with Crippen molar-refractivity contribution in [2.45, 2.75) is 38.8 Å². The molecule has 0 saturated carbocycles. The van der Waals surface area contributed by atoms with E-state index in [0.29, 0.717) is 23.5 Å². The SMILES string of the molecule is C=C=C(C)[C@H](OC(=O)c1ccc(OC)cc1)[C@H]1COC(C)(C)O1. The van der Waals surface area contributed by atoms with Crippen molar-refractivity contribution in [3.63, 3.8) is 0 Å². The Morgan fingerprint density at radius 2 is 2.04 bits per heavy atom. The number of rotatable bonds is 5. The summed E-state index contributed by atoms with van der Waals surface area (Å²) in [6, 6.07) is 6.72. The Kier molecular flexibility index (Phi) is 5.26. The Hall–Kier alpha value is -2.07. The van der Waals surface area contributed by atoms with Crippen LogP contribution in [0.5, 0.6) is 5.75 Å². The maximum Gasteiger partial charge on any atom is 0.338 e. The van der Waals surface area contributed by atoms with Crippen LogP contribution in [0.3, 0.4) is 0 Å². The normalized spacial score (nSPS) is 20.4. The quantitative estimate of drug-likeness (QED) is 0.617. The standard InChI is InChI=1S/C18H22O5/c1-6-12(2)16(15-11-21-18(3,4)23-15)22-17(19)13-7-9-14(20-5)10-8-13/h7-10,15-16H,1,11H2,2-5H3/t15-,16+/m1/s1. The number of hydrogen-bond acceptors (Lipinski definition) is 5. The number of benzene rings is 1. The van der Waals surface area contributed by atoms with Crippen LogP contribution < -0.4 is 4.74 Å². The van der Waals surface area contributed by atoms with Crippen LogP contribution in [0.15, 0.2) is 42.1 Å². The number of methoxy groups -OCH3 is 1. The summed E-state index contributed by atoms with van der Waals surface area (Å²) in [6.45, 7) is 9.41. The Balaban J connectivity index is 2.14. The number of esters is 1. The van der Waals surface area contributed by atoms with Crippen molar-refractivity contribution in [3.8, 4) is 5.75 Å². The van der Waals surface area contributed by atoms with Crippen LogP contribution in [-0.4, -0.2) is 37.7 Å². The molecule has 0 spiro atoms. The van der Waals surface area contributed by atoms with Gasteiger partial charge in [-0.3, -0.25) is 0 Å². The van der Waals surface area contributed by atoms with Gasteiger partial charge in [0.2, 0.25) is 0 Å². The molecule has 1 aliphatic rings. The van der Waals surface area contributed by atoms with Gasteiger partial charge in [0.1, 0.15) is 11.9 Å². The molecule has 5 heteroatoms. The van der Waals surface area contributed by atoms with E-state index in [1.165, 1.54) is 0 Å². The lowest BCUT2D eigenvalue weighted by atomic mass is 10.1. The van der Waals surface area contributed by atoms with E-state index >= 15 is 0 Å². The second kappa shape index (κ2) is 7.01. The van der Waals surface area contributed by atoms with Crippen molar-refractivity contribution in [1.82, 2.24) is 0 Å². The number of ether oxygens (including phenoxy) is 4. The fourth-order valence-corrected chi connectivity index (χ4v) is 2.32. The lowest BCUT2D eigenvalue weighted by molar-refractivity contribution is -0.148. The number of carbonyl (C=O) groups is 1. The first kappa shape index (κ1) is 17.3. The van der Waals surface area contributed by atoms with E-state index in [4.69, 9.17) is 18.9 Å². The predicted octanol–water partition coefficient (Wildman–Crippen LogP) is 3.10. The van der Waals surface area contributed by atoms with E-state index in [-0.39, 0.29) is 6.10 Å². The van der Waals surface area contributed by atoms with Gasteiger partial charge in [0.05, 0.1) is 19.3 Å². The molecule has 0 aliphatic carbocycles. The fraction of sp³-hybridized carbons (Fsp3) is 0.444. The molecule has 1 heterocycles. The fourth-order valence-electron chi connectivity index (χ4n) is 2.32. The third-order valence-electron chi connectivity index (χ3n) is 3.63. The molecule has 1 aromatic rings. The smallest absolute Gasteiger partial charge is 0.338 e. The van der Waals surface area contributed by atoms with Crippen molar-refractivity contribution in [2.24, 2.45) is 0 Å². The Morgan fingerprint density at radius 3 is 2.52 bits per heavy atom. The van der Waals surface area contributed by atoms with E-state index < -0.39 is 17.9 Å². The second-order valence-electron chi connectivity index (χ2n) is 5.78. The molecule has 0 N–H and O–H groups in total. The topological polar surface area (TPSA) is 54.0 Å². The average Bonchev–Trinajstić information content (AvgIpc) is 2.91. The highest BCUT2D eigenvalue weighted by Crippen LogP contribution is 2.28. The molecule has 0 aromatic heterocycles. The van der Waals surface area contributed by atoms with Crippen LogP contribution in [0.2, 0.25) is 0 Å². The van der Waals surface area contributed by atoms with Gasteiger partial charge >= 0.3 is 5.97 Å². The average molecular weight is 318 g/mol. The molecule has 1 aliphatic heterocycles. The molecule has 1 aromatic carbocycles. The van der Waals surface area contributed by atoms with Gasteiger partial charge in [-0.2, -0.15) is 0 Å². The monoisotopic (exact) mass is 318 g/mol. The molecular weight excluding hydrogens is 296 g/mol. The van der Waals surface area contributed by atoms with E-state index in [1.807, 2.05) is 13.8 Å². The molecule has 0 bridgehead atoms. The summed E-state index contributed by atoms with van der Waals surface area (Å²) in [5.74, 6) is -0.466. The summed E-state index contributed by atoms with van der Waals surface area (Å²) in [7, 11) is 1.57. The van der Waals surface area contributed by atoms with Crippen LogP contribution in [0, 0.1) is 0 Å². The molecule has 1 saturated heterocycles. The largest absolute Gasteiger partial charge is 0.497 e. The molecule has 23 heavy (non-hydrogen) atoms. The maximum atomic E-state index is 12.4. The van der Waals surface area contributed by atoms with Crippen LogP contribution in [0.25, 0.3) is 0 Å². The summed E-state index contributed by atoms with van der Waals surface area (Å²) < 4.78 is 22.0. The summed E-state index contributed by atoms with van der Waals surface area (Å²) >= 11 is 0. The Labute approximate surface area is 136 Å². The summed E-state index contributed by atoms with van der Waals surface area (Å²) in [5, 5.41) is 0. The van der Waals surface area contributed by atoms with Gasteiger partial charge < -0.3 is 18.9 Å². The molecule has 0 radical (unpaired) electrons. The lowest BCUT2D eigenvalue weighted by Gasteiger charge is -2.24. The van der Waals surface area contributed by atoms with Gasteiger partial charge in [0, 0.05) is 5.57 Å². The van der Waals surface area contributed by atoms with Gasteiger partial charge in [-0.15, -0.1) is 5.73 Å². The first-order valence-electron chi connectivity index (χ1n) is 7.39. The van der Waals surface area contributed by atoms with Crippen molar-refractivity contribution in [2.75, 3.05) is 13.7 Å². The lowest BCUT2D eigenvalue weighted by Crippen LogP contribution is -2.35. The zero-order chi connectivity index (χ0) is 17.0. The zero-order valence-electron chi connectivity index (χ0n) is 13.9. The van der Waals surface area contributed by atoms with Gasteiger partial charge in [-0.05, 0) is 45.0 Å². The minimum absolute atomic E-state index is 0.340. The minimum Gasteiger partial charge on any atom is -0.497 e. The van der Waals surface area contributed by atoms with Gasteiger partial charge in [-0.25, -0.2) is 4.79 Å². The molecule has 124 valence electrons. The highest BCUT2D eigenvalue weighted by Gasteiger charge is 2.40. The second-order valence-corrected chi connectivity index (χ2v) is 5.78. The summed E-state index contributed by atoms with van der Waals surface area (Å²) in [5.41, 5.74) is 3.91. The molecule has 0 amide bonds. The van der Waals surface area contributed by atoms with E-state index in [1.54, 1.807) is 38.3 Å². The molecule has 5 nitrogen and oxygen atoms in total. The van der Waals surface area contributed by atoms with Gasteiger partial charge in [0.15, 0.2) is 11.9 Å². The molecule has 2 atom stereocenters. The van der Waals surface area contributed by atoms with E-state index in [0.717, 1.165) is 0 Å². The molecule has 0 unspecified atom stereocenters. The maximum absolute atomic E-state index is 12.4. The van der Waals surface area contributed by atoms with Crippen molar-refractivity contribution in [1.29, 1.82) is 0 Å². The van der Waals surface area contributed by atoms with Crippen LogP contribution in [0.4, 0.5) is 0 Å². The van der Waals surface area contributed by atoms with Crippen molar-refractivity contribution >= 4 is 5.97 Å². The van der Waals surface area contributed by atoms with E-state index in [2.05, 4.69) is 12.3 Å². The Bertz CT molecular complexity index is 611. The van der Waals surface area contributed by atoms with Crippen molar-refractivity contribution < 1.29 is 23.7 Å². The van der Waals surface area contributed by atoms with Crippen LogP contribution in [-0.2, 0) is 14.2 Å². The first-order chi connectivity index (χ1) is 10.9. The van der Waals surface area contributed by atoms with Gasteiger partial charge in [0.25, 0.3) is 0 Å². The highest BCUT2D eigenvalue weighted by atomic mass is 16.8. The van der Waals surface area contributed by atoms with Crippen molar-refractivity contribution in [3.05, 3.63) is 47.7 Å². The predicted molar refractivity (Wildman–Crippen MR) is 85.4 cm³/mol. The van der Waals surface area contributed by atoms with Crippen LogP contribution in [0.1, 0.15) is 31.1 Å². The summed E-state index contributed by atoms with van der Waals surface area (Å²) in [4.78, 5) is 12.4. The Morgan fingerprint density at radius 1 is 1.39 bits per heavy atom. The first-order valence-corrected chi connectivity index (χ1v) is 7.39. The third kappa shape index (κ3) is 4.23. The third-order valence-corrected chi connectivity index (χ3v) is 3.63. The zero-order valence-corrected chi connectivity index (χ0v) is 13.9. The highest BCUT2D eigenvalue weighted by molar-refractivity contribution is 5.89.